The molecule has 0 amide bonds. The van der Waals surface area contributed by atoms with Crippen LogP contribution in [0.4, 0.5) is 0 Å². The molecule has 5 nitrogen and oxygen atoms in total. The Morgan fingerprint density at radius 3 is 2.00 bits per heavy atom. The molecule has 3 aromatic heterocycles. The Bertz CT molecular complexity index is 2970. The summed E-state index contributed by atoms with van der Waals surface area (Å²) in [5.74, 6) is 0. The maximum Gasteiger partial charge on any atom is 0.160 e. The van der Waals surface area contributed by atoms with Crippen LogP contribution < -0.4 is 10.6 Å². The quantitative estimate of drug-likeness (QED) is 0.198. The van der Waals surface area contributed by atoms with Gasteiger partial charge in [0.1, 0.15) is 11.2 Å². The Kier molecular flexibility index (Phi) is 6.09. The fourth-order valence-corrected chi connectivity index (χ4v) is 8.41. The van der Waals surface area contributed by atoms with Crippen LogP contribution in [0.1, 0.15) is 23.5 Å². The highest BCUT2D eigenvalue weighted by molar-refractivity contribution is 6.31. The van der Waals surface area contributed by atoms with Crippen LogP contribution in [-0.4, -0.2) is 9.13 Å². The maximum absolute atomic E-state index is 6.46. The first-order valence-corrected chi connectivity index (χ1v) is 17.5. The van der Waals surface area contributed by atoms with Gasteiger partial charge in [0.05, 0.1) is 33.5 Å². The summed E-state index contributed by atoms with van der Waals surface area (Å²) in [5, 5.41) is 15.1. The molecule has 0 bridgehead atoms. The van der Waals surface area contributed by atoms with Gasteiger partial charge in [0.25, 0.3) is 0 Å². The third-order valence-electron chi connectivity index (χ3n) is 10.6. The zero-order valence-corrected chi connectivity index (χ0v) is 27.6. The van der Waals surface area contributed by atoms with Crippen molar-refractivity contribution in [2.45, 2.75) is 12.3 Å². The van der Waals surface area contributed by atoms with Gasteiger partial charge in [-0.2, -0.15) is 0 Å². The molecule has 11 rings (SSSR count). The highest BCUT2D eigenvalue weighted by Gasteiger charge is 2.29. The topological polar surface area (TPSA) is 47.1 Å². The number of hydrogen-bond donors (Lipinski definition) is 2. The van der Waals surface area contributed by atoms with Crippen molar-refractivity contribution in [3.05, 3.63) is 181 Å². The second kappa shape index (κ2) is 11.0. The van der Waals surface area contributed by atoms with Gasteiger partial charge >= 0.3 is 0 Å². The molecule has 2 unspecified atom stereocenters. The van der Waals surface area contributed by atoms with Crippen molar-refractivity contribution in [1.29, 1.82) is 0 Å². The summed E-state index contributed by atoms with van der Waals surface area (Å²) in [5.41, 5.74) is 11.0. The Morgan fingerprint density at radius 1 is 0.490 bits per heavy atom. The molecule has 0 spiro atoms. The number of furan rings is 1. The highest BCUT2D eigenvalue weighted by Crippen LogP contribution is 2.45. The van der Waals surface area contributed by atoms with E-state index in [9.17, 15) is 0 Å². The molecule has 0 radical (unpaired) electrons. The van der Waals surface area contributed by atoms with E-state index in [1.807, 2.05) is 6.07 Å². The van der Waals surface area contributed by atoms with Crippen molar-refractivity contribution in [3.63, 3.8) is 0 Å². The number of hydrogen-bond acceptors (Lipinski definition) is 3. The van der Waals surface area contributed by atoms with Gasteiger partial charge in [0, 0.05) is 38.3 Å². The van der Waals surface area contributed by atoms with Crippen LogP contribution in [0.25, 0.3) is 76.9 Å². The van der Waals surface area contributed by atoms with Gasteiger partial charge in [-0.1, -0.05) is 121 Å². The molecule has 2 atom stereocenters. The molecule has 7 aromatic carbocycles. The number of rotatable bonds is 4. The number of fused-ring (bicyclic) bond motifs is 11. The van der Waals surface area contributed by atoms with Gasteiger partial charge in [0.2, 0.25) is 0 Å². The number of para-hydroxylation sites is 3. The van der Waals surface area contributed by atoms with Crippen LogP contribution in [0, 0.1) is 0 Å². The summed E-state index contributed by atoms with van der Waals surface area (Å²) in [6, 6.07) is 58.3. The minimum absolute atomic E-state index is 0.00866. The van der Waals surface area contributed by atoms with Gasteiger partial charge in [-0.15, -0.1) is 0 Å². The molecule has 0 saturated carbocycles. The van der Waals surface area contributed by atoms with Gasteiger partial charge in [-0.3, -0.25) is 5.32 Å². The summed E-state index contributed by atoms with van der Waals surface area (Å²) in [7, 11) is 0. The third-order valence-corrected chi connectivity index (χ3v) is 10.6. The van der Waals surface area contributed by atoms with E-state index in [0.717, 1.165) is 49.9 Å². The molecule has 4 heterocycles. The molecule has 51 heavy (non-hydrogen) atoms. The molecule has 5 heteroatoms. The molecular weight excluding hydrogens is 625 g/mol. The van der Waals surface area contributed by atoms with Gasteiger partial charge in [0.15, 0.2) is 6.29 Å². The monoisotopic (exact) mass is 656 g/mol. The van der Waals surface area contributed by atoms with E-state index in [-0.39, 0.29) is 12.3 Å². The predicted octanol–water partition coefficient (Wildman–Crippen LogP) is 11.2. The van der Waals surface area contributed by atoms with E-state index in [1.54, 1.807) is 0 Å². The van der Waals surface area contributed by atoms with Crippen molar-refractivity contribution in [3.8, 4) is 5.69 Å². The Labute approximate surface area is 293 Å². The van der Waals surface area contributed by atoms with E-state index in [2.05, 4.69) is 184 Å². The molecule has 242 valence electrons. The van der Waals surface area contributed by atoms with Crippen LogP contribution in [0.5, 0.6) is 0 Å². The summed E-state index contributed by atoms with van der Waals surface area (Å²) in [4.78, 5) is 0. The third kappa shape index (κ3) is 4.19. The van der Waals surface area contributed by atoms with E-state index >= 15 is 0 Å². The Balaban J connectivity index is 1.27. The summed E-state index contributed by atoms with van der Waals surface area (Å²) in [6.07, 6.45) is 2.06. The molecule has 0 aliphatic carbocycles. The largest absolute Gasteiger partial charge is 0.456 e. The zero-order valence-electron chi connectivity index (χ0n) is 27.6. The summed E-state index contributed by atoms with van der Waals surface area (Å²) >= 11 is 0. The minimum atomic E-state index is -0.253. The highest BCUT2D eigenvalue weighted by atomic mass is 16.3. The fourth-order valence-electron chi connectivity index (χ4n) is 8.41. The molecule has 2 N–H and O–H groups in total. The number of nitrogens with one attached hydrogen (secondary N) is 2. The van der Waals surface area contributed by atoms with Gasteiger partial charge < -0.3 is 18.9 Å². The standard InChI is InChI=1S/C46H32N4O/c1-4-14-29(15-5-1)36-28-37(30-16-6-2-7-17-30)48-46(47-36)50-38-22-12-10-20-32(38)33-24-26-39-42(44(33)50)35-25-27-41-43(34-21-11-13-23-40(34)51-41)45(35)49(39)31-18-8-3-9-19-31/h1-28,36,46-48H. The summed E-state index contributed by atoms with van der Waals surface area (Å²) in [6.45, 7) is 0. The number of benzene rings is 7. The van der Waals surface area contributed by atoms with Crippen molar-refractivity contribution < 1.29 is 4.42 Å². The smallest absolute Gasteiger partial charge is 0.160 e. The summed E-state index contributed by atoms with van der Waals surface area (Å²) < 4.78 is 11.4. The lowest BCUT2D eigenvalue weighted by atomic mass is 10.0. The van der Waals surface area contributed by atoms with Gasteiger partial charge in [-0.25, -0.2) is 0 Å². The first-order chi connectivity index (χ1) is 25.3. The average Bonchev–Trinajstić information content (AvgIpc) is 3.86. The van der Waals surface area contributed by atoms with Crippen LogP contribution >= 0.6 is 0 Å². The average molecular weight is 657 g/mol. The Hall–Kier alpha value is -6.56. The van der Waals surface area contributed by atoms with Gasteiger partial charge in [-0.05, 0) is 59.7 Å². The lowest BCUT2D eigenvalue weighted by Crippen LogP contribution is -2.43. The van der Waals surface area contributed by atoms with E-state index < -0.39 is 0 Å². The second-order valence-corrected chi connectivity index (χ2v) is 13.4. The lowest BCUT2D eigenvalue weighted by Gasteiger charge is -2.34. The first-order valence-electron chi connectivity index (χ1n) is 17.5. The minimum Gasteiger partial charge on any atom is -0.456 e. The predicted molar refractivity (Wildman–Crippen MR) is 210 cm³/mol. The molecule has 1 aliphatic rings. The van der Waals surface area contributed by atoms with E-state index in [4.69, 9.17) is 4.42 Å². The fraction of sp³-hybridized carbons (Fsp3) is 0.0435. The zero-order chi connectivity index (χ0) is 33.5. The second-order valence-electron chi connectivity index (χ2n) is 13.4. The van der Waals surface area contributed by atoms with Crippen molar-refractivity contribution in [2.24, 2.45) is 0 Å². The van der Waals surface area contributed by atoms with E-state index in [0.29, 0.717) is 0 Å². The van der Waals surface area contributed by atoms with Crippen molar-refractivity contribution in [1.82, 2.24) is 19.8 Å². The maximum atomic E-state index is 6.46. The van der Waals surface area contributed by atoms with E-state index in [1.165, 1.54) is 38.1 Å². The molecular formula is C46H32N4O. The number of aromatic nitrogens is 2. The molecule has 1 aliphatic heterocycles. The normalized spacial score (nSPS) is 16.4. The lowest BCUT2D eigenvalue weighted by molar-refractivity contribution is 0.351. The Morgan fingerprint density at radius 2 is 1.18 bits per heavy atom. The van der Waals surface area contributed by atoms with Crippen LogP contribution in [0.2, 0.25) is 0 Å². The molecule has 0 fully saturated rings. The molecule has 10 aromatic rings. The van der Waals surface area contributed by atoms with Crippen LogP contribution in [0.3, 0.4) is 0 Å². The number of nitrogens with zero attached hydrogens (tertiary/aromatic N) is 2. The SMILES string of the molecule is C1=C(c2ccccc2)NC(n2c3ccccc3c3ccc4c(c5ccc6oc7ccccc7c6c5n4-c4ccccc4)c32)NC1c1ccccc1. The molecule has 0 saturated heterocycles. The van der Waals surface area contributed by atoms with Crippen molar-refractivity contribution >= 4 is 71.2 Å². The first kappa shape index (κ1) is 28.3. The van der Waals surface area contributed by atoms with Crippen LogP contribution in [0.15, 0.2) is 174 Å². The van der Waals surface area contributed by atoms with Crippen LogP contribution in [-0.2, 0) is 0 Å². The van der Waals surface area contributed by atoms with Crippen molar-refractivity contribution in [2.75, 3.05) is 0 Å².